The average Bonchev–Trinajstić information content (AvgIpc) is 2.27. The second-order valence-corrected chi connectivity index (χ2v) is 3.36. The van der Waals surface area contributed by atoms with E-state index in [1.165, 1.54) is 0 Å². The van der Waals surface area contributed by atoms with Crippen LogP contribution < -0.4 is 0 Å². The van der Waals surface area contributed by atoms with Crippen LogP contribution in [0.3, 0.4) is 0 Å². The van der Waals surface area contributed by atoms with Crippen molar-refractivity contribution in [1.82, 2.24) is 4.90 Å². The van der Waals surface area contributed by atoms with E-state index >= 15 is 0 Å². The number of hydrogen-bond donors (Lipinski definition) is 0. The molecule has 0 saturated heterocycles. The van der Waals surface area contributed by atoms with Gasteiger partial charge in [0.05, 0.1) is 0 Å². The molecule has 0 aromatic carbocycles. The van der Waals surface area contributed by atoms with Crippen molar-refractivity contribution in [3.05, 3.63) is 48.7 Å². The Labute approximate surface area is 92.0 Å². The van der Waals surface area contributed by atoms with Gasteiger partial charge in [-0.2, -0.15) is 0 Å². The molecule has 0 amide bonds. The van der Waals surface area contributed by atoms with Crippen molar-refractivity contribution in [1.29, 1.82) is 0 Å². The second-order valence-electron chi connectivity index (χ2n) is 3.36. The van der Waals surface area contributed by atoms with E-state index in [1.807, 2.05) is 24.4 Å². The molecule has 0 aromatic rings. The Morgan fingerprint density at radius 3 is 2.93 bits per heavy atom. The van der Waals surface area contributed by atoms with Crippen molar-refractivity contribution in [2.24, 2.45) is 4.99 Å². The van der Waals surface area contributed by atoms with E-state index in [9.17, 15) is 0 Å². The van der Waals surface area contributed by atoms with Crippen molar-refractivity contribution in [3.8, 4) is 0 Å². The molecule has 0 radical (unpaired) electrons. The Morgan fingerprint density at radius 1 is 1.53 bits per heavy atom. The summed E-state index contributed by atoms with van der Waals surface area (Å²) in [6.07, 6.45) is 10.6. The van der Waals surface area contributed by atoms with Crippen LogP contribution in [0, 0.1) is 0 Å². The van der Waals surface area contributed by atoms with E-state index in [4.69, 9.17) is 0 Å². The Kier molecular flexibility index (Phi) is 4.61. The van der Waals surface area contributed by atoms with Crippen molar-refractivity contribution in [3.63, 3.8) is 0 Å². The normalized spacial score (nSPS) is 16.2. The van der Waals surface area contributed by atoms with Gasteiger partial charge in [0.2, 0.25) is 0 Å². The van der Waals surface area contributed by atoms with E-state index in [2.05, 4.69) is 30.0 Å². The highest BCUT2D eigenvalue weighted by atomic mass is 15.2. The zero-order valence-electron chi connectivity index (χ0n) is 9.32. The third kappa shape index (κ3) is 2.94. The summed E-state index contributed by atoms with van der Waals surface area (Å²) in [7, 11) is 0. The third-order valence-corrected chi connectivity index (χ3v) is 2.22. The van der Waals surface area contributed by atoms with Crippen LogP contribution in [0.15, 0.2) is 53.7 Å². The maximum Gasteiger partial charge on any atom is 0.110 e. The van der Waals surface area contributed by atoms with Gasteiger partial charge in [-0.15, -0.1) is 0 Å². The smallest absolute Gasteiger partial charge is 0.110 e. The molecule has 0 aliphatic carbocycles. The minimum Gasteiger partial charge on any atom is -0.352 e. The summed E-state index contributed by atoms with van der Waals surface area (Å²) in [5.41, 5.74) is 2.26. The molecule has 1 aliphatic heterocycles. The van der Waals surface area contributed by atoms with Crippen LogP contribution in [0.2, 0.25) is 0 Å². The molecule has 0 bridgehead atoms. The largest absolute Gasteiger partial charge is 0.352 e. The number of nitrogens with zero attached hydrogens (tertiary/aromatic N) is 2. The summed E-state index contributed by atoms with van der Waals surface area (Å²) >= 11 is 0. The van der Waals surface area contributed by atoms with Crippen LogP contribution in [-0.2, 0) is 0 Å². The minimum absolute atomic E-state index is 0.737. The van der Waals surface area contributed by atoms with Gasteiger partial charge < -0.3 is 4.90 Å². The van der Waals surface area contributed by atoms with Gasteiger partial charge in [-0.05, 0) is 12.5 Å². The maximum absolute atomic E-state index is 4.32. The van der Waals surface area contributed by atoms with Gasteiger partial charge in [-0.3, -0.25) is 4.99 Å². The first-order valence-electron chi connectivity index (χ1n) is 5.24. The van der Waals surface area contributed by atoms with Crippen molar-refractivity contribution >= 4 is 6.21 Å². The standard InChI is InChI=1S/C13H18N2/c1-4-7-8-12-10-14-11-15(9-5-2)13(12)6-3/h4,6-8,10H,1,3,5,9,11H2,2H3/b8-7-. The molecule has 2 heteroatoms. The molecule has 0 unspecified atom stereocenters. The molecular weight excluding hydrogens is 184 g/mol. The number of aliphatic imine (C=N–C) groups is 1. The molecule has 0 saturated carbocycles. The van der Waals surface area contributed by atoms with Gasteiger partial charge in [-0.1, -0.05) is 38.3 Å². The molecule has 15 heavy (non-hydrogen) atoms. The van der Waals surface area contributed by atoms with Crippen LogP contribution in [0.25, 0.3) is 0 Å². The van der Waals surface area contributed by atoms with Crippen LogP contribution in [0.5, 0.6) is 0 Å². The van der Waals surface area contributed by atoms with Gasteiger partial charge >= 0.3 is 0 Å². The van der Waals surface area contributed by atoms with Crippen molar-refractivity contribution in [2.45, 2.75) is 13.3 Å². The Balaban J connectivity index is 2.94. The van der Waals surface area contributed by atoms with Gasteiger partial charge in [0.15, 0.2) is 0 Å². The molecule has 0 aromatic heterocycles. The lowest BCUT2D eigenvalue weighted by Crippen LogP contribution is -2.27. The zero-order chi connectivity index (χ0) is 11.1. The first kappa shape index (κ1) is 11.5. The van der Waals surface area contributed by atoms with Crippen LogP contribution in [-0.4, -0.2) is 24.3 Å². The fourth-order valence-corrected chi connectivity index (χ4v) is 1.57. The highest BCUT2D eigenvalue weighted by molar-refractivity contribution is 5.85. The van der Waals surface area contributed by atoms with E-state index in [1.54, 1.807) is 6.08 Å². The summed E-state index contributed by atoms with van der Waals surface area (Å²) < 4.78 is 0. The van der Waals surface area contributed by atoms with Crippen molar-refractivity contribution < 1.29 is 0 Å². The maximum atomic E-state index is 4.32. The number of hydrogen-bond acceptors (Lipinski definition) is 2. The molecule has 0 fully saturated rings. The molecule has 0 spiro atoms. The van der Waals surface area contributed by atoms with Gasteiger partial charge in [0, 0.05) is 24.0 Å². The van der Waals surface area contributed by atoms with E-state index in [-0.39, 0.29) is 0 Å². The van der Waals surface area contributed by atoms with E-state index in [0.717, 1.165) is 30.9 Å². The minimum atomic E-state index is 0.737. The van der Waals surface area contributed by atoms with Crippen LogP contribution >= 0.6 is 0 Å². The van der Waals surface area contributed by atoms with Crippen LogP contribution in [0.4, 0.5) is 0 Å². The predicted molar refractivity (Wildman–Crippen MR) is 66.9 cm³/mol. The zero-order valence-corrected chi connectivity index (χ0v) is 9.32. The van der Waals surface area contributed by atoms with Crippen molar-refractivity contribution in [2.75, 3.05) is 13.2 Å². The van der Waals surface area contributed by atoms with E-state index in [0.29, 0.717) is 0 Å². The fourth-order valence-electron chi connectivity index (χ4n) is 1.57. The Morgan fingerprint density at radius 2 is 2.33 bits per heavy atom. The molecule has 0 atom stereocenters. The summed E-state index contributed by atoms with van der Waals surface area (Å²) in [5.74, 6) is 0. The fraction of sp³-hybridized carbons (Fsp3) is 0.308. The van der Waals surface area contributed by atoms with Crippen LogP contribution in [0.1, 0.15) is 13.3 Å². The summed E-state index contributed by atoms with van der Waals surface area (Å²) in [4.78, 5) is 6.55. The molecule has 0 N–H and O–H groups in total. The lowest BCUT2D eigenvalue weighted by Gasteiger charge is -2.27. The number of rotatable bonds is 5. The highest BCUT2D eigenvalue weighted by Crippen LogP contribution is 2.16. The van der Waals surface area contributed by atoms with E-state index < -0.39 is 0 Å². The summed E-state index contributed by atoms with van der Waals surface area (Å²) in [6.45, 7) is 11.4. The molecule has 1 heterocycles. The first-order chi connectivity index (χ1) is 7.33. The van der Waals surface area contributed by atoms with Gasteiger partial charge in [-0.25, -0.2) is 0 Å². The summed E-state index contributed by atoms with van der Waals surface area (Å²) in [6, 6.07) is 0. The Bertz CT molecular complexity index is 321. The molecule has 1 rings (SSSR count). The third-order valence-electron chi connectivity index (χ3n) is 2.22. The molecule has 1 aliphatic rings. The average molecular weight is 202 g/mol. The molecular formula is C13H18N2. The monoisotopic (exact) mass is 202 g/mol. The lowest BCUT2D eigenvalue weighted by atomic mass is 10.1. The van der Waals surface area contributed by atoms with Gasteiger partial charge in [0.1, 0.15) is 6.67 Å². The quantitative estimate of drug-likeness (QED) is 0.626. The number of allylic oxidation sites excluding steroid dienone is 5. The second kappa shape index (κ2) is 6.02. The SMILES string of the molecule is C=C/C=C\C1=C(C=C)N(CCC)CN=C1. The predicted octanol–water partition coefficient (Wildman–Crippen LogP) is 2.92. The lowest BCUT2D eigenvalue weighted by molar-refractivity contribution is 0.362. The Hall–Kier alpha value is -1.57. The molecule has 80 valence electrons. The first-order valence-corrected chi connectivity index (χ1v) is 5.24. The highest BCUT2D eigenvalue weighted by Gasteiger charge is 2.11. The molecule has 2 nitrogen and oxygen atoms in total. The van der Waals surface area contributed by atoms with Gasteiger partial charge in [0.25, 0.3) is 0 Å². The topological polar surface area (TPSA) is 15.6 Å². The summed E-state index contributed by atoms with van der Waals surface area (Å²) in [5, 5.41) is 0.